The van der Waals surface area contributed by atoms with Crippen molar-refractivity contribution in [3.8, 4) is 16.2 Å². The van der Waals surface area contributed by atoms with E-state index in [0.29, 0.717) is 37.4 Å². The Kier molecular flexibility index (Phi) is 5.77. The van der Waals surface area contributed by atoms with E-state index >= 15 is 0 Å². The van der Waals surface area contributed by atoms with Crippen LogP contribution in [0.15, 0.2) is 66.0 Å². The van der Waals surface area contributed by atoms with Crippen molar-refractivity contribution >= 4 is 45.7 Å². The lowest BCUT2D eigenvalue weighted by atomic mass is 10.1. The van der Waals surface area contributed by atoms with Crippen LogP contribution in [0.4, 0.5) is 16.3 Å². The van der Waals surface area contributed by atoms with Crippen LogP contribution in [0.1, 0.15) is 10.4 Å². The van der Waals surface area contributed by atoms with Crippen LogP contribution >= 0.6 is 11.3 Å². The Morgan fingerprint density at radius 3 is 2.53 bits per heavy atom. The van der Waals surface area contributed by atoms with Gasteiger partial charge in [-0.1, -0.05) is 6.07 Å². The molecule has 1 aliphatic rings. The fourth-order valence-corrected chi connectivity index (χ4v) is 4.71. The van der Waals surface area contributed by atoms with E-state index in [4.69, 9.17) is 10.1 Å². The molecule has 2 amide bonds. The zero-order valence-corrected chi connectivity index (χ0v) is 19.0. The normalized spacial score (nSPS) is 13.8. The highest BCUT2D eigenvalue weighted by Crippen LogP contribution is 2.32. The summed E-state index contributed by atoms with van der Waals surface area (Å²) in [5, 5.41) is 25.0. The summed E-state index contributed by atoms with van der Waals surface area (Å²) < 4.78 is 0. The molecule has 3 heterocycles. The van der Waals surface area contributed by atoms with Gasteiger partial charge in [-0.05, 0) is 65.5 Å². The number of phenols is 1. The average Bonchev–Trinajstić information content (AvgIpc) is 3.40. The molecule has 172 valence electrons. The second kappa shape index (κ2) is 9.03. The van der Waals surface area contributed by atoms with E-state index in [0.717, 1.165) is 27.2 Å². The smallest absolute Gasteiger partial charge is 0.407 e. The molecule has 8 nitrogen and oxygen atoms in total. The van der Waals surface area contributed by atoms with E-state index < -0.39 is 6.09 Å². The summed E-state index contributed by atoms with van der Waals surface area (Å²) >= 11 is 1.59. The number of fused-ring (bicyclic) bond motifs is 1. The van der Waals surface area contributed by atoms with E-state index in [9.17, 15) is 14.7 Å². The number of carbonyl (C=O) groups is 2. The Balaban J connectivity index is 1.33. The summed E-state index contributed by atoms with van der Waals surface area (Å²) in [7, 11) is 0. The van der Waals surface area contributed by atoms with Crippen LogP contribution in [0.2, 0.25) is 0 Å². The van der Waals surface area contributed by atoms with Gasteiger partial charge in [0, 0.05) is 42.0 Å². The molecule has 0 aliphatic carbocycles. The van der Waals surface area contributed by atoms with Crippen molar-refractivity contribution in [2.75, 3.05) is 36.4 Å². The number of anilines is 2. The molecule has 5 rings (SSSR count). The number of amides is 2. The van der Waals surface area contributed by atoms with Crippen LogP contribution in [-0.4, -0.2) is 58.3 Å². The van der Waals surface area contributed by atoms with Crippen LogP contribution in [0.25, 0.3) is 21.3 Å². The van der Waals surface area contributed by atoms with Gasteiger partial charge in [0.15, 0.2) is 0 Å². The van der Waals surface area contributed by atoms with Gasteiger partial charge in [-0.2, -0.15) is 0 Å². The van der Waals surface area contributed by atoms with Crippen molar-refractivity contribution in [2.24, 2.45) is 0 Å². The van der Waals surface area contributed by atoms with Crippen molar-refractivity contribution in [3.05, 3.63) is 71.6 Å². The Morgan fingerprint density at radius 2 is 1.79 bits per heavy atom. The van der Waals surface area contributed by atoms with Gasteiger partial charge in [0.05, 0.1) is 11.2 Å². The van der Waals surface area contributed by atoms with E-state index in [-0.39, 0.29) is 11.7 Å². The first-order valence-corrected chi connectivity index (χ1v) is 11.7. The largest absolute Gasteiger partial charge is 0.506 e. The minimum absolute atomic E-state index is 0.00347. The molecule has 2 aromatic carbocycles. The van der Waals surface area contributed by atoms with Gasteiger partial charge in [0.1, 0.15) is 11.6 Å². The molecular weight excluding hydrogens is 452 g/mol. The van der Waals surface area contributed by atoms with Crippen LogP contribution < -0.4 is 10.2 Å². The number of carboxylic acid groups (broad SMARTS) is 1. The zero-order chi connectivity index (χ0) is 23.7. The first kappa shape index (κ1) is 21.7. The van der Waals surface area contributed by atoms with E-state index in [1.54, 1.807) is 41.7 Å². The minimum atomic E-state index is -0.900. The van der Waals surface area contributed by atoms with Gasteiger partial charge in [-0.25, -0.2) is 9.78 Å². The standard InChI is InChI=1S/C25H22N4O4S/c30-21-7-4-17(22-2-1-13-34-22)15-20(21)27-24(31)18-3-6-19-16(14-18)5-8-23(26-19)28-9-11-29(12-10-28)25(32)33/h1-8,13-15,30H,9-12H2,(H,27,31)(H,32,33). The van der Waals surface area contributed by atoms with Crippen LogP contribution in [0.5, 0.6) is 5.75 Å². The van der Waals surface area contributed by atoms with Gasteiger partial charge in [0.25, 0.3) is 5.91 Å². The summed E-state index contributed by atoms with van der Waals surface area (Å²) in [6.45, 7) is 2.04. The lowest BCUT2D eigenvalue weighted by molar-refractivity contribution is 0.102. The number of piperazine rings is 1. The summed E-state index contributed by atoms with van der Waals surface area (Å²) in [4.78, 5) is 33.2. The molecule has 9 heteroatoms. The number of carbonyl (C=O) groups excluding carboxylic acids is 1. The predicted molar refractivity (Wildman–Crippen MR) is 133 cm³/mol. The van der Waals surface area contributed by atoms with E-state index in [1.165, 1.54) is 4.90 Å². The minimum Gasteiger partial charge on any atom is -0.506 e. The highest BCUT2D eigenvalue weighted by molar-refractivity contribution is 7.13. The summed E-state index contributed by atoms with van der Waals surface area (Å²) in [5.41, 5.74) is 2.47. The molecule has 0 unspecified atom stereocenters. The molecule has 2 aromatic heterocycles. The number of benzene rings is 2. The third-order valence-electron chi connectivity index (χ3n) is 5.86. The number of aromatic hydroxyl groups is 1. The summed E-state index contributed by atoms with van der Waals surface area (Å²) in [6, 6.07) is 18.2. The molecular formula is C25H22N4O4S. The number of nitrogens with one attached hydrogen (secondary N) is 1. The maximum Gasteiger partial charge on any atom is 0.407 e. The third-order valence-corrected chi connectivity index (χ3v) is 6.78. The third kappa shape index (κ3) is 4.38. The number of rotatable bonds is 4. The maximum absolute atomic E-state index is 12.9. The van der Waals surface area contributed by atoms with Crippen LogP contribution in [0.3, 0.4) is 0 Å². The summed E-state index contributed by atoms with van der Waals surface area (Å²) in [6.07, 6.45) is -0.900. The molecule has 1 aliphatic heterocycles. The monoisotopic (exact) mass is 474 g/mol. The highest BCUT2D eigenvalue weighted by Gasteiger charge is 2.21. The van der Waals surface area contributed by atoms with Gasteiger partial charge in [0.2, 0.25) is 0 Å². The molecule has 1 saturated heterocycles. The molecule has 4 aromatic rings. The second-order valence-corrected chi connectivity index (χ2v) is 8.94. The molecule has 0 radical (unpaired) electrons. The second-order valence-electron chi connectivity index (χ2n) is 8.00. The van der Waals surface area contributed by atoms with Gasteiger partial charge in [-0.15, -0.1) is 11.3 Å². The molecule has 34 heavy (non-hydrogen) atoms. The predicted octanol–water partition coefficient (Wildman–Crippen LogP) is 4.72. The van der Waals surface area contributed by atoms with Gasteiger partial charge in [-0.3, -0.25) is 4.79 Å². The number of thiophene rings is 1. The first-order chi connectivity index (χ1) is 16.5. The van der Waals surface area contributed by atoms with E-state index in [2.05, 4.69) is 10.2 Å². The SMILES string of the molecule is O=C(Nc1cc(-c2cccs2)ccc1O)c1ccc2nc(N3CCN(C(=O)O)CC3)ccc2c1. The lowest BCUT2D eigenvalue weighted by Gasteiger charge is -2.33. The zero-order valence-electron chi connectivity index (χ0n) is 18.1. The topological polar surface area (TPSA) is 106 Å². The van der Waals surface area contributed by atoms with Gasteiger partial charge >= 0.3 is 6.09 Å². The number of hydrogen-bond donors (Lipinski definition) is 3. The highest BCUT2D eigenvalue weighted by atomic mass is 32.1. The van der Waals surface area contributed by atoms with Crippen molar-refractivity contribution in [2.45, 2.75) is 0 Å². The number of pyridine rings is 1. The number of aromatic nitrogens is 1. The number of hydrogen-bond acceptors (Lipinski definition) is 6. The Hall–Kier alpha value is -4.11. The maximum atomic E-state index is 12.9. The molecule has 1 fully saturated rings. The Bertz CT molecular complexity index is 1360. The average molecular weight is 475 g/mol. The van der Waals surface area contributed by atoms with Crippen LogP contribution in [0, 0.1) is 0 Å². The number of nitrogens with zero attached hydrogens (tertiary/aromatic N) is 3. The van der Waals surface area contributed by atoms with Crippen LogP contribution in [-0.2, 0) is 0 Å². The number of phenolic OH excluding ortho intramolecular Hbond substituents is 1. The Morgan fingerprint density at radius 1 is 0.971 bits per heavy atom. The fourth-order valence-electron chi connectivity index (χ4n) is 3.99. The van der Waals surface area contributed by atoms with Crippen molar-refractivity contribution in [1.29, 1.82) is 0 Å². The molecule has 0 atom stereocenters. The fraction of sp³-hybridized carbons (Fsp3) is 0.160. The first-order valence-electron chi connectivity index (χ1n) is 10.8. The molecule has 0 spiro atoms. The van der Waals surface area contributed by atoms with Crippen molar-refractivity contribution in [3.63, 3.8) is 0 Å². The van der Waals surface area contributed by atoms with Crippen molar-refractivity contribution < 1.29 is 19.8 Å². The Labute approximate surface area is 199 Å². The summed E-state index contributed by atoms with van der Waals surface area (Å²) in [5.74, 6) is 0.461. The molecule has 0 saturated carbocycles. The van der Waals surface area contributed by atoms with Gasteiger partial charge < -0.3 is 25.3 Å². The van der Waals surface area contributed by atoms with Crippen molar-refractivity contribution in [1.82, 2.24) is 9.88 Å². The molecule has 3 N–H and O–H groups in total. The molecule has 0 bridgehead atoms. The lowest BCUT2D eigenvalue weighted by Crippen LogP contribution is -2.48. The quantitative estimate of drug-likeness (QED) is 0.370. The van der Waals surface area contributed by atoms with E-state index in [1.807, 2.05) is 35.7 Å².